The van der Waals surface area contributed by atoms with Crippen LogP contribution in [0.2, 0.25) is 0 Å². The van der Waals surface area contributed by atoms with Crippen LogP contribution < -0.4 is 5.32 Å². The third kappa shape index (κ3) is 4.64. The molecule has 104 valence electrons. The highest BCUT2D eigenvalue weighted by atomic mass is 16.4. The molecule has 1 unspecified atom stereocenters. The van der Waals surface area contributed by atoms with Crippen molar-refractivity contribution < 1.29 is 14.7 Å². The molecule has 1 aliphatic rings. The SMILES string of the molecule is CC(=O)NC(CN1CCC(C(C)C)CC1)C(=O)O. The van der Waals surface area contributed by atoms with E-state index in [2.05, 4.69) is 24.1 Å². The third-order valence-electron chi connectivity index (χ3n) is 3.69. The van der Waals surface area contributed by atoms with E-state index in [9.17, 15) is 9.59 Å². The Balaban J connectivity index is 2.42. The van der Waals surface area contributed by atoms with E-state index < -0.39 is 12.0 Å². The number of rotatable bonds is 5. The van der Waals surface area contributed by atoms with Gasteiger partial charge < -0.3 is 15.3 Å². The van der Waals surface area contributed by atoms with Crippen molar-refractivity contribution >= 4 is 11.9 Å². The molecule has 1 rings (SSSR count). The first-order valence-corrected chi connectivity index (χ1v) is 6.62. The Labute approximate surface area is 109 Å². The molecule has 1 amide bonds. The number of carboxylic acids is 1. The highest BCUT2D eigenvalue weighted by molar-refractivity contribution is 5.82. The van der Waals surface area contributed by atoms with E-state index in [1.165, 1.54) is 6.92 Å². The zero-order valence-corrected chi connectivity index (χ0v) is 11.5. The predicted molar refractivity (Wildman–Crippen MR) is 69.2 cm³/mol. The fourth-order valence-corrected chi connectivity index (χ4v) is 2.49. The van der Waals surface area contributed by atoms with Crippen molar-refractivity contribution in [1.82, 2.24) is 10.2 Å². The molecule has 1 saturated heterocycles. The summed E-state index contributed by atoms with van der Waals surface area (Å²) < 4.78 is 0. The number of hydrogen-bond acceptors (Lipinski definition) is 3. The molecule has 1 atom stereocenters. The van der Waals surface area contributed by atoms with Crippen molar-refractivity contribution in [3.05, 3.63) is 0 Å². The summed E-state index contributed by atoms with van der Waals surface area (Å²) in [6, 6.07) is -0.793. The van der Waals surface area contributed by atoms with Crippen LogP contribution in [-0.4, -0.2) is 47.6 Å². The summed E-state index contributed by atoms with van der Waals surface area (Å²) in [5.74, 6) is 0.179. The van der Waals surface area contributed by atoms with Crippen LogP contribution in [0.15, 0.2) is 0 Å². The molecule has 1 aliphatic heterocycles. The first kappa shape index (κ1) is 15.0. The van der Waals surface area contributed by atoms with Gasteiger partial charge in [0.1, 0.15) is 6.04 Å². The number of nitrogens with zero attached hydrogens (tertiary/aromatic N) is 1. The van der Waals surface area contributed by atoms with Crippen molar-refractivity contribution in [2.24, 2.45) is 11.8 Å². The molecule has 0 aromatic heterocycles. The van der Waals surface area contributed by atoms with Crippen LogP contribution in [0.4, 0.5) is 0 Å². The number of carboxylic acid groups (broad SMARTS) is 1. The standard InChI is InChI=1S/C13H24N2O3/c1-9(2)11-4-6-15(7-5-11)8-12(13(17)18)14-10(3)16/h9,11-12H,4-8H2,1-3H3,(H,14,16)(H,17,18). The Morgan fingerprint density at radius 1 is 1.33 bits per heavy atom. The highest BCUT2D eigenvalue weighted by Gasteiger charge is 2.26. The molecular weight excluding hydrogens is 232 g/mol. The molecule has 0 radical (unpaired) electrons. The number of hydrogen-bond donors (Lipinski definition) is 2. The second-order valence-electron chi connectivity index (χ2n) is 5.47. The average Bonchev–Trinajstić information content (AvgIpc) is 2.28. The summed E-state index contributed by atoms with van der Waals surface area (Å²) in [5.41, 5.74) is 0. The number of nitrogens with one attached hydrogen (secondary N) is 1. The number of carbonyl (C=O) groups is 2. The molecule has 0 aliphatic carbocycles. The first-order chi connectivity index (χ1) is 8.40. The monoisotopic (exact) mass is 256 g/mol. The van der Waals surface area contributed by atoms with E-state index in [-0.39, 0.29) is 5.91 Å². The maximum atomic E-state index is 11.0. The van der Waals surface area contributed by atoms with Crippen LogP contribution in [0, 0.1) is 11.8 Å². The normalized spacial score (nSPS) is 19.8. The van der Waals surface area contributed by atoms with E-state index in [0.29, 0.717) is 12.5 Å². The van der Waals surface area contributed by atoms with E-state index >= 15 is 0 Å². The van der Waals surface area contributed by atoms with Crippen molar-refractivity contribution in [2.75, 3.05) is 19.6 Å². The van der Waals surface area contributed by atoms with Crippen molar-refractivity contribution in [3.63, 3.8) is 0 Å². The lowest BCUT2D eigenvalue weighted by molar-refractivity contribution is -0.142. The smallest absolute Gasteiger partial charge is 0.327 e. The topological polar surface area (TPSA) is 69.6 Å². The molecule has 0 aromatic carbocycles. The summed E-state index contributed by atoms with van der Waals surface area (Å²) >= 11 is 0. The van der Waals surface area contributed by atoms with Gasteiger partial charge in [0.05, 0.1) is 0 Å². The van der Waals surface area contributed by atoms with E-state index in [4.69, 9.17) is 5.11 Å². The van der Waals surface area contributed by atoms with E-state index in [1.807, 2.05) is 0 Å². The Bertz CT molecular complexity index is 297. The van der Waals surface area contributed by atoms with Crippen LogP contribution in [0.25, 0.3) is 0 Å². The summed E-state index contributed by atoms with van der Waals surface area (Å²) in [4.78, 5) is 24.1. The summed E-state index contributed by atoms with van der Waals surface area (Å²) in [6.07, 6.45) is 2.23. The Kier molecular flexibility index (Phi) is 5.59. The molecule has 1 heterocycles. The van der Waals surface area contributed by atoms with E-state index in [0.717, 1.165) is 31.8 Å². The molecule has 5 heteroatoms. The first-order valence-electron chi connectivity index (χ1n) is 6.62. The Morgan fingerprint density at radius 3 is 2.28 bits per heavy atom. The summed E-state index contributed by atoms with van der Waals surface area (Å²) in [6.45, 7) is 8.06. The lowest BCUT2D eigenvalue weighted by atomic mass is 9.86. The van der Waals surface area contributed by atoms with Gasteiger partial charge in [0.25, 0.3) is 0 Å². The number of aliphatic carboxylic acids is 1. The van der Waals surface area contributed by atoms with Crippen LogP contribution in [0.5, 0.6) is 0 Å². The molecule has 2 N–H and O–H groups in total. The van der Waals surface area contributed by atoms with Gasteiger partial charge in [-0.05, 0) is 37.8 Å². The van der Waals surface area contributed by atoms with Crippen LogP contribution in [0.3, 0.4) is 0 Å². The second kappa shape index (κ2) is 6.73. The van der Waals surface area contributed by atoms with Gasteiger partial charge in [0.2, 0.25) is 5.91 Å². The van der Waals surface area contributed by atoms with Gasteiger partial charge in [0, 0.05) is 13.5 Å². The number of carbonyl (C=O) groups excluding carboxylic acids is 1. The largest absolute Gasteiger partial charge is 0.480 e. The maximum Gasteiger partial charge on any atom is 0.327 e. The molecule has 0 aromatic rings. The minimum absolute atomic E-state index is 0.292. The zero-order valence-electron chi connectivity index (χ0n) is 11.5. The molecular formula is C13H24N2O3. The Morgan fingerprint density at radius 2 is 1.89 bits per heavy atom. The van der Waals surface area contributed by atoms with Gasteiger partial charge in [-0.15, -0.1) is 0 Å². The van der Waals surface area contributed by atoms with Crippen LogP contribution >= 0.6 is 0 Å². The van der Waals surface area contributed by atoms with Crippen LogP contribution in [0.1, 0.15) is 33.6 Å². The number of amides is 1. The molecule has 18 heavy (non-hydrogen) atoms. The average molecular weight is 256 g/mol. The fraction of sp³-hybridized carbons (Fsp3) is 0.846. The van der Waals surface area contributed by atoms with Gasteiger partial charge in [-0.1, -0.05) is 13.8 Å². The predicted octanol–water partition coefficient (Wildman–Crippen LogP) is 0.944. The van der Waals surface area contributed by atoms with Crippen LogP contribution in [-0.2, 0) is 9.59 Å². The maximum absolute atomic E-state index is 11.0. The second-order valence-corrected chi connectivity index (χ2v) is 5.47. The minimum Gasteiger partial charge on any atom is -0.480 e. The van der Waals surface area contributed by atoms with Gasteiger partial charge >= 0.3 is 5.97 Å². The lowest BCUT2D eigenvalue weighted by Crippen LogP contribution is -2.49. The van der Waals surface area contributed by atoms with Gasteiger partial charge in [0.15, 0.2) is 0 Å². The molecule has 1 fully saturated rings. The number of likely N-dealkylation sites (tertiary alicyclic amines) is 1. The number of piperidine rings is 1. The molecule has 0 spiro atoms. The zero-order chi connectivity index (χ0) is 13.7. The summed E-state index contributed by atoms with van der Waals surface area (Å²) in [5, 5.41) is 11.5. The van der Waals surface area contributed by atoms with E-state index in [1.54, 1.807) is 0 Å². The lowest BCUT2D eigenvalue weighted by Gasteiger charge is -2.35. The van der Waals surface area contributed by atoms with Crippen molar-refractivity contribution in [2.45, 2.75) is 39.7 Å². The fourth-order valence-electron chi connectivity index (χ4n) is 2.49. The van der Waals surface area contributed by atoms with Crippen molar-refractivity contribution in [1.29, 1.82) is 0 Å². The van der Waals surface area contributed by atoms with Gasteiger partial charge in [-0.3, -0.25) is 4.79 Å². The van der Waals surface area contributed by atoms with Gasteiger partial charge in [-0.2, -0.15) is 0 Å². The molecule has 0 saturated carbocycles. The minimum atomic E-state index is -0.962. The molecule has 0 bridgehead atoms. The third-order valence-corrected chi connectivity index (χ3v) is 3.69. The highest BCUT2D eigenvalue weighted by Crippen LogP contribution is 2.24. The summed E-state index contributed by atoms with van der Waals surface area (Å²) in [7, 11) is 0. The Hall–Kier alpha value is -1.10. The molecule has 5 nitrogen and oxygen atoms in total. The van der Waals surface area contributed by atoms with Gasteiger partial charge in [-0.25, -0.2) is 4.79 Å². The quantitative estimate of drug-likeness (QED) is 0.768. The van der Waals surface area contributed by atoms with Crippen molar-refractivity contribution in [3.8, 4) is 0 Å².